The smallest absolute Gasteiger partial charge is 0.248 e. The zero-order valence-electron chi connectivity index (χ0n) is 13.6. The maximum atomic E-state index is 11.2. The number of primary amides is 1. The second-order valence-corrected chi connectivity index (χ2v) is 5.68. The van der Waals surface area contributed by atoms with E-state index in [-0.39, 0.29) is 0 Å². The zero-order valence-corrected chi connectivity index (χ0v) is 13.6. The number of carbonyl (C=O) groups excluding carboxylic acids is 1. The fourth-order valence-electron chi connectivity index (χ4n) is 2.63. The third-order valence-corrected chi connectivity index (χ3v) is 3.92. The van der Waals surface area contributed by atoms with E-state index in [4.69, 9.17) is 10.5 Å². The maximum Gasteiger partial charge on any atom is 0.248 e. The van der Waals surface area contributed by atoms with Crippen molar-refractivity contribution in [1.29, 1.82) is 0 Å². The van der Waals surface area contributed by atoms with Gasteiger partial charge in [0.2, 0.25) is 5.91 Å². The lowest BCUT2D eigenvalue weighted by atomic mass is 10.1. The summed E-state index contributed by atoms with van der Waals surface area (Å²) in [4.78, 5) is 11.2. The first kappa shape index (κ1) is 15.9. The molecule has 3 N–H and O–H groups in total. The lowest BCUT2D eigenvalue weighted by molar-refractivity contribution is 0.1000. The van der Waals surface area contributed by atoms with Crippen LogP contribution in [-0.2, 0) is 0 Å². The average Bonchev–Trinajstić information content (AvgIpc) is 2.59. The van der Waals surface area contributed by atoms with Gasteiger partial charge in [0.05, 0.1) is 0 Å². The standard InChI is InChI=1S/C20H20N2O2/c1-14-12-17(20(21)23)7-9-19(14)22-10-11-24-18-8-6-15-4-2-3-5-16(15)13-18/h2-9,12-13,22H,10-11H2,1H3,(H2,21,23). The molecule has 0 aromatic heterocycles. The van der Waals surface area contributed by atoms with E-state index in [1.54, 1.807) is 12.1 Å². The third-order valence-electron chi connectivity index (χ3n) is 3.92. The Balaban J connectivity index is 1.55. The summed E-state index contributed by atoms with van der Waals surface area (Å²) in [5, 5.41) is 5.68. The fraction of sp³-hybridized carbons (Fsp3) is 0.150. The number of ether oxygens (including phenoxy) is 1. The zero-order chi connectivity index (χ0) is 16.9. The summed E-state index contributed by atoms with van der Waals surface area (Å²) in [5.74, 6) is 0.445. The van der Waals surface area contributed by atoms with E-state index in [0.29, 0.717) is 18.7 Å². The first-order valence-electron chi connectivity index (χ1n) is 7.89. The molecule has 3 aromatic carbocycles. The Morgan fingerprint density at radius 1 is 1.04 bits per heavy atom. The minimum atomic E-state index is -0.413. The molecule has 122 valence electrons. The van der Waals surface area contributed by atoms with Gasteiger partial charge < -0.3 is 15.8 Å². The van der Waals surface area contributed by atoms with Crippen LogP contribution in [0, 0.1) is 6.92 Å². The third kappa shape index (κ3) is 3.66. The van der Waals surface area contributed by atoms with Gasteiger partial charge in [-0.1, -0.05) is 30.3 Å². The second kappa shape index (κ2) is 7.04. The summed E-state index contributed by atoms with van der Waals surface area (Å²) < 4.78 is 5.80. The predicted octanol–water partition coefficient (Wildman–Crippen LogP) is 3.74. The van der Waals surface area contributed by atoms with Crippen LogP contribution in [0.1, 0.15) is 15.9 Å². The SMILES string of the molecule is Cc1cc(C(N)=O)ccc1NCCOc1ccc2ccccc2c1. The molecule has 0 atom stereocenters. The molecule has 4 nitrogen and oxygen atoms in total. The second-order valence-electron chi connectivity index (χ2n) is 5.68. The molecular weight excluding hydrogens is 300 g/mol. The van der Waals surface area contributed by atoms with Gasteiger partial charge in [-0.3, -0.25) is 4.79 Å². The number of anilines is 1. The van der Waals surface area contributed by atoms with Crippen molar-refractivity contribution in [3.63, 3.8) is 0 Å². The highest BCUT2D eigenvalue weighted by atomic mass is 16.5. The molecule has 0 aliphatic carbocycles. The number of benzene rings is 3. The molecule has 1 amide bonds. The van der Waals surface area contributed by atoms with Crippen molar-refractivity contribution in [2.45, 2.75) is 6.92 Å². The van der Waals surface area contributed by atoms with Gasteiger partial charge in [-0.2, -0.15) is 0 Å². The first-order valence-corrected chi connectivity index (χ1v) is 7.89. The summed E-state index contributed by atoms with van der Waals surface area (Å²) >= 11 is 0. The molecule has 0 aliphatic rings. The van der Waals surface area contributed by atoms with Gasteiger partial charge in [0.25, 0.3) is 0 Å². The Hall–Kier alpha value is -3.01. The first-order chi connectivity index (χ1) is 11.6. The monoisotopic (exact) mass is 320 g/mol. The molecule has 24 heavy (non-hydrogen) atoms. The van der Waals surface area contributed by atoms with Crippen LogP contribution < -0.4 is 15.8 Å². The predicted molar refractivity (Wildman–Crippen MR) is 97.6 cm³/mol. The molecule has 0 fully saturated rings. The van der Waals surface area contributed by atoms with Crippen LogP contribution in [0.25, 0.3) is 10.8 Å². The summed E-state index contributed by atoms with van der Waals surface area (Å²) in [6.45, 7) is 3.16. The average molecular weight is 320 g/mol. The van der Waals surface area contributed by atoms with E-state index >= 15 is 0 Å². The Labute approximate surface area is 141 Å². The van der Waals surface area contributed by atoms with Crippen LogP contribution in [0.3, 0.4) is 0 Å². The van der Waals surface area contributed by atoms with E-state index in [1.165, 1.54) is 10.8 Å². The molecule has 4 heteroatoms. The van der Waals surface area contributed by atoms with Gasteiger partial charge in [0, 0.05) is 17.8 Å². The summed E-state index contributed by atoms with van der Waals surface area (Å²) in [6, 6.07) is 19.7. The highest BCUT2D eigenvalue weighted by Crippen LogP contribution is 2.20. The van der Waals surface area contributed by atoms with Crippen LogP contribution in [-0.4, -0.2) is 19.1 Å². The Morgan fingerprint density at radius 3 is 2.58 bits per heavy atom. The van der Waals surface area contributed by atoms with Gasteiger partial charge >= 0.3 is 0 Å². The lowest BCUT2D eigenvalue weighted by Gasteiger charge is -2.12. The molecule has 0 unspecified atom stereocenters. The number of nitrogens with two attached hydrogens (primary N) is 1. The molecule has 0 bridgehead atoms. The largest absolute Gasteiger partial charge is 0.492 e. The number of aryl methyl sites for hydroxylation is 1. The van der Waals surface area contributed by atoms with Crippen LogP contribution in [0.15, 0.2) is 60.7 Å². The highest BCUT2D eigenvalue weighted by Gasteiger charge is 2.04. The highest BCUT2D eigenvalue weighted by molar-refractivity contribution is 5.93. The number of rotatable bonds is 6. The summed E-state index contributed by atoms with van der Waals surface area (Å²) in [5.41, 5.74) is 7.76. The van der Waals surface area contributed by atoms with Crippen molar-refractivity contribution in [3.05, 3.63) is 71.8 Å². The molecule has 0 spiro atoms. The molecular formula is C20H20N2O2. The molecule has 3 rings (SSSR count). The van der Waals surface area contributed by atoms with Gasteiger partial charge in [0.1, 0.15) is 12.4 Å². The van der Waals surface area contributed by atoms with E-state index in [2.05, 4.69) is 23.5 Å². The summed E-state index contributed by atoms with van der Waals surface area (Å²) in [7, 11) is 0. The number of hydrogen-bond donors (Lipinski definition) is 2. The Morgan fingerprint density at radius 2 is 1.83 bits per heavy atom. The molecule has 0 radical (unpaired) electrons. The number of carbonyl (C=O) groups is 1. The number of hydrogen-bond acceptors (Lipinski definition) is 3. The van der Waals surface area contributed by atoms with E-state index in [9.17, 15) is 4.79 Å². The van der Waals surface area contributed by atoms with Crippen LogP contribution >= 0.6 is 0 Å². The van der Waals surface area contributed by atoms with E-state index in [1.807, 2.05) is 37.3 Å². The number of nitrogens with one attached hydrogen (secondary N) is 1. The summed E-state index contributed by atoms with van der Waals surface area (Å²) in [6.07, 6.45) is 0. The molecule has 0 heterocycles. The van der Waals surface area contributed by atoms with Gasteiger partial charge in [-0.05, 0) is 53.6 Å². The normalized spacial score (nSPS) is 10.5. The van der Waals surface area contributed by atoms with Crippen molar-refractivity contribution < 1.29 is 9.53 Å². The maximum absolute atomic E-state index is 11.2. The van der Waals surface area contributed by atoms with Gasteiger partial charge in [-0.15, -0.1) is 0 Å². The number of fused-ring (bicyclic) bond motifs is 1. The Bertz CT molecular complexity index is 874. The van der Waals surface area contributed by atoms with E-state index < -0.39 is 5.91 Å². The van der Waals surface area contributed by atoms with Crippen LogP contribution in [0.5, 0.6) is 5.75 Å². The molecule has 3 aromatic rings. The van der Waals surface area contributed by atoms with Crippen molar-refractivity contribution in [2.24, 2.45) is 5.73 Å². The van der Waals surface area contributed by atoms with Crippen LogP contribution in [0.2, 0.25) is 0 Å². The fourth-order valence-corrected chi connectivity index (χ4v) is 2.63. The van der Waals surface area contributed by atoms with Crippen molar-refractivity contribution in [3.8, 4) is 5.75 Å². The Kier molecular flexibility index (Phi) is 4.66. The van der Waals surface area contributed by atoms with E-state index in [0.717, 1.165) is 17.0 Å². The van der Waals surface area contributed by atoms with Gasteiger partial charge in [-0.25, -0.2) is 0 Å². The molecule has 0 saturated heterocycles. The molecule has 0 aliphatic heterocycles. The topological polar surface area (TPSA) is 64.4 Å². The van der Waals surface area contributed by atoms with Crippen molar-refractivity contribution in [1.82, 2.24) is 0 Å². The van der Waals surface area contributed by atoms with Crippen molar-refractivity contribution >= 4 is 22.4 Å². The minimum absolute atomic E-state index is 0.413. The molecule has 0 saturated carbocycles. The minimum Gasteiger partial charge on any atom is -0.492 e. The van der Waals surface area contributed by atoms with Gasteiger partial charge in [0.15, 0.2) is 0 Å². The van der Waals surface area contributed by atoms with Crippen molar-refractivity contribution in [2.75, 3.05) is 18.5 Å². The quantitative estimate of drug-likeness (QED) is 0.680. The number of amides is 1. The van der Waals surface area contributed by atoms with Crippen LogP contribution in [0.4, 0.5) is 5.69 Å². The lowest BCUT2D eigenvalue weighted by Crippen LogP contribution is -2.14.